The Morgan fingerprint density at radius 3 is 2.63 bits per heavy atom. The second-order valence-electron chi connectivity index (χ2n) is 5.74. The van der Waals surface area contributed by atoms with Crippen molar-refractivity contribution < 1.29 is 19.0 Å². The number of ether oxygens (including phenoxy) is 3. The molecule has 1 N–H and O–H groups in total. The van der Waals surface area contributed by atoms with E-state index in [1.807, 2.05) is 29.6 Å². The monoisotopic (exact) mass is 402 g/mol. The molecular formula is C19H15ClN2O4S. The highest BCUT2D eigenvalue weighted by molar-refractivity contribution is 7.14. The Bertz CT molecular complexity index is 1000. The molecule has 0 fully saturated rings. The molecule has 0 aliphatic carbocycles. The minimum Gasteiger partial charge on any atom is -0.493 e. The van der Waals surface area contributed by atoms with Crippen molar-refractivity contribution in [1.29, 1.82) is 0 Å². The van der Waals surface area contributed by atoms with E-state index in [4.69, 9.17) is 25.8 Å². The van der Waals surface area contributed by atoms with Gasteiger partial charge in [0.2, 0.25) is 6.23 Å². The first kappa shape index (κ1) is 17.6. The number of hydrogen-bond acceptors (Lipinski definition) is 7. The smallest absolute Gasteiger partial charge is 0.344 e. The van der Waals surface area contributed by atoms with Crippen LogP contribution in [0.25, 0.3) is 11.3 Å². The van der Waals surface area contributed by atoms with Gasteiger partial charge in [0.25, 0.3) is 0 Å². The fourth-order valence-electron chi connectivity index (χ4n) is 2.91. The van der Waals surface area contributed by atoms with Gasteiger partial charge in [0, 0.05) is 21.5 Å². The highest BCUT2D eigenvalue weighted by Crippen LogP contribution is 2.42. The first-order valence-corrected chi connectivity index (χ1v) is 9.30. The van der Waals surface area contributed by atoms with Gasteiger partial charge < -0.3 is 19.5 Å². The standard InChI is InChI=1S/C19H15ClN2O4S/c1-24-14-8-7-12-15(16(14)25-2)18(23)26-17(12)22-19-21-13(9-27-19)10-3-5-11(20)6-4-10/h3-9,17H,1-2H3,(H,21,22)/t17-/m0/s1. The Kier molecular flexibility index (Phi) is 4.63. The van der Waals surface area contributed by atoms with E-state index in [0.29, 0.717) is 32.8 Å². The van der Waals surface area contributed by atoms with Gasteiger partial charge in [0.05, 0.1) is 19.9 Å². The summed E-state index contributed by atoms with van der Waals surface area (Å²) in [6.45, 7) is 0. The van der Waals surface area contributed by atoms with Crippen LogP contribution >= 0.6 is 22.9 Å². The molecule has 1 aromatic heterocycles. The number of carbonyl (C=O) groups is 1. The lowest BCUT2D eigenvalue weighted by atomic mass is 10.1. The average molecular weight is 403 g/mol. The minimum absolute atomic E-state index is 0.365. The van der Waals surface area contributed by atoms with E-state index < -0.39 is 12.2 Å². The van der Waals surface area contributed by atoms with Crippen molar-refractivity contribution in [3.8, 4) is 22.8 Å². The summed E-state index contributed by atoms with van der Waals surface area (Å²) < 4.78 is 16.1. The van der Waals surface area contributed by atoms with Crippen LogP contribution in [0.5, 0.6) is 11.5 Å². The molecule has 6 nitrogen and oxygen atoms in total. The van der Waals surface area contributed by atoms with Crippen molar-refractivity contribution in [2.45, 2.75) is 6.23 Å². The lowest BCUT2D eigenvalue weighted by Crippen LogP contribution is -2.10. The molecule has 0 saturated carbocycles. The molecule has 0 bridgehead atoms. The lowest BCUT2D eigenvalue weighted by Gasteiger charge is -2.13. The molecule has 1 aliphatic heterocycles. The average Bonchev–Trinajstić information content (AvgIpc) is 3.27. The first-order valence-electron chi connectivity index (χ1n) is 8.04. The number of anilines is 1. The van der Waals surface area contributed by atoms with E-state index in [0.717, 1.165) is 11.3 Å². The van der Waals surface area contributed by atoms with Crippen LogP contribution in [0, 0.1) is 0 Å². The maximum absolute atomic E-state index is 12.3. The fourth-order valence-corrected chi connectivity index (χ4v) is 3.78. The number of cyclic esters (lactones) is 1. The second kappa shape index (κ2) is 7.09. The van der Waals surface area contributed by atoms with Gasteiger partial charge in [-0.15, -0.1) is 11.3 Å². The number of nitrogens with zero attached hydrogens (tertiary/aromatic N) is 1. The first-order chi connectivity index (χ1) is 13.1. The number of esters is 1. The maximum Gasteiger partial charge on any atom is 0.344 e. The Balaban J connectivity index is 1.61. The minimum atomic E-state index is -0.642. The second-order valence-corrected chi connectivity index (χ2v) is 7.03. The van der Waals surface area contributed by atoms with Crippen molar-refractivity contribution in [3.63, 3.8) is 0 Å². The molecule has 0 spiro atoms. The number of carbonyl (C=O) groups excluding carboxylic acids is 1. The molecule has 0 radical (unpaired) electrons. The number of fused-ring (bicyclic) bond motifs is 1. The zero-order valence-electron chi connectivity index (χ0n) is 14.5. The zero-order valence-corrected chi connectivity index (χ0v) is 16.1. The van der Waals surface area contributed by atoms with Gasteiger partial charge in [-0.3, -0.25) is 0 Å². The van der Waals surface area contributed by atoms with Crippen molar-refractivity contribution in [2.24, 2.45) is 0 Å². The van der Waals surface area contributed by atoms with E-state index in [9.17, 15) is 4.79 Å². The molecule has 27 heavy (non-hydrogen) atoms. The molecule has 2 heterocycles. The summed E-state index contributed by atoms with van der Waals surface area (Å²) in [7, 11) is 3.01. The van der Waals surface area contributed by atoms with Crippen LogP contribution in [-0.2, 0) is 4.74 Å². The van der Waals surface area contributed by atoms with E-state index in [-0.39, 0.29) is 0 Å². The Hall–Kier alpha value is -2.77. The summed E-state index contributed by atoms with van der Waals surface area (Å²) in [5.74, 6) is 0.381. The fraction of sp³-hybridized carbons (Fsp3) is 0.158. The lowest BCUT2D eigenvalue weighted by molar-refractivity contribution is 0.0435. The van der Waals surface area contributed by atoms with Crippen LogP contribution in [0.1, 0.15) is 22.1 Å². The van der Waals surface area contributed by atoms with Crippen molar-refractivity contribution in [3.05, 3.63) is 57.9 Å². The number of hydrogen-bond donors (Lipinski definition) is 1. The highest BCUT2D eigenvalue weighted by atomic mass is 35.5. The van der Waals surface area contributed by atoms with Crippen LogP contribution in [0.3, 0.4) is 0 Å². The van der Waals surface area contributed by atoms with Crippen LogP contribution in [-0.4, -0.2) is 25.2 Å². The van der Waals surface area contributed by atoms with E-state index in [2.05, 4.69) is 10.3 Å². The normalized spacial score (nSPS) is 15.2. The predicted octanol–water partition coefficient (Wildman–Crippen LogP) is 4.76. The zero-order chi connectivity index (χ0) is 19.0. The van der Waals surface area contributed by atoms with Gasteiger partial charge in [-0.25, -0.2) is 9.78 Å². The SMILES string of the molecule is COc1ccc2c(c1OC)C(=O)O[C@@H]2Nc1nc(-c2ccc(Cl)cc2)cs1. The number of nitrogens with one attached hydrogen (secondary N) is 1. The number of thiazole rings is 1. The van der Waals surface area contributed by atoms with Crippen molar-refractivity contribution >= 4 is 34.0 Å². The predicted molar refractivity (Wildman–Crippen MR) is 104 cm³/mol. The van der Waals surface area contributed by atoms with Gasteiger partial charge in [-0.2, -0.15) is 0 Å². The molecule has 3 aromatic rings. The number of methoxy groups -OCH3 is 2. The summed E-state index contributed by atoms with van der Waals surface area (Å²) >= 11 is 7.35. The molecule has 4 rings (SSSR count). The van der Waals surface area contributed by atoms with Crippen molar-refractivity contribution in [2.75, 3.05) is 19.5 Å². The van der Waals surface area contributed by atoms with Gasteiger partial charge in [-0.05, 0) is 24.3 Å². The molecule has 1 atom stereocenters. The van der Waals surface area contributed by atoms with E-state index in [1.165, 1.54) is 25.6 Å². The number of halogens is 1. The summed E-state index contributed by atoms with van der Waals surface area (Å²) in [5.41, 5.74) is 2.82. The Labute approximate surface area is 164 Å². The molecule has 0 unspecified atom stereocenters. The topological polar surface area (TPSA) is 69.7 Å². The largest absolute Gasteiger partial charge is 0.493 e. The molecule has 0 amide bonds. The summed E-state index contributed by atoms with van der Waals surface area (Å²) in [6, 6.07) is 11.0. The van der Waals surface area contributed by atoms with Crippen LogP contribution in [0.15, 0.2) is 41.8 Å². The number of rotatable bonds is 5. The van der Waals surface area contributed by atoms with Crippen LogP contribution in [0.2, 0.25) is 5.02 Å². The Morgan fingerprint density at radius 2 is 1.93 bits per heavy atom. The van der Waals surface area contributed by atoms with Gasteiger partial charge in [0.15, 0.2) is 16.6 Å². The molecule has 2 aromatic carbocycles. The van der Waals surface area contributed by atoms with Crippen molar-refractivity contribution in [1.82, 2.24) is 4.98 Å². The third kappa shape index (κ3) is 3.20. The summed E-state index contributed by atoms with van der Waals surface area (Å²) in [6.07, 6.45) is -0.642. The molecule has 138 valence electrons. The number of aromatic nitrogens is 1. The quantitative estimate of drug-likeness (QED) is 0.620. The third-order valence-corrected chi connectivity index (χ3v) is 5.21. The molecule has 8 heteroatoms. The van der Waals surface area contributed by atoms with Crippen LogP contribution in [0.4, 0.5) is 5.13 Å². The van der Waals surface area contributed by atoms with Crippen LogP contribution < -0.4 is 14.8 Å². The van der Waals surface area contributed by atoms with E-state index in [1.54, 1.807) is 12.1 Å². The van der Waals surface area contributed by atoms with Gasteiger partial charge in [0.1, 0.15) is 5.56 Å². The van der Waals surface area contributed by atoms with E-state index >= 15 is 0 Å². The highest BCUT2D eigenvalue weighted by Gasteiger charge is 2.36. The summed E-state index contributed by atoms with van der Waals surface area (Å²) in [5, 5.41) is 6.40. The van der Waals surface area contributed by atoms with Gasteiger partial charge in [-0.1, -0.05) is 23.7 Å². The number of benzene rings is 2. The summed E-state index contributed by atoms with van der Waals surface area (Å²) in [4.78, 5) is 16.9. The molecular weight excluding hydrogens is 388 g/mol. The maximum atomic E-state index is 12.3. The molecule has 0 saturated heterocycles. The third-order valence-electron chi connectivity index (χ3n) is 4.19. The molecule has 1 aliphatic rings. The van der Waals surface area contributed by atoms with Gasteiger partial charge >= 0.3 is 5.97 Å². The Morgan fingerprint density at radius 1 is 1.15 bits per heavy atom.